The van der Waals surface area contributed by atoms with Crippen molar-refractivity contribution in [2.75, 3.05) is 20.3 Å². The Bertz CT molecular complexity index is 866. The summed E-state index contributed by atoms with van der Waals surface area (Å²) in [6, 6.07) is 10.6. The molecule has 6 nitrogen and oxygen atoms in total. The summed E-state index contributed by atoms with van der Waals surface area (Å²) in [6.07, 6.45) is 2.67. The number of hydrogen-bond donors (Lipinski definition) is 1. The molecule has 0 bridgehead atoms. The summed E-state index contributed by atoms with van der Waals surface area (Å²) < 4.78 is 23.2. The first-order valence-electron chi connectivity index (χ1n) is 8.67. The van der Waals surface area contributed by atoms with Crippen LogP contribution in [0.4, 0.5) is 4.39 Å². The summed E-state index contributed by atoms with van der Waals surface area (Å²) in [7, 11) is 1.42. The van der Waals surface area contributed by atoms with E-state index >= 15 is 0 Å². The summed E-state index contributed by atoms with van der Waals surface area (Å²) in [5, 5.41) is 9.55. The number of hydrogen-bond acceptors (Lipinski definition) is 5. The minimum atomic E-state index is -0.679. The van der Waals surface area contributed by atoms with Gasteiger partial charge in [0, 0.05) is 19.2 Å². The maximum absolute atomic E-state index is 13.3. The number of carbonyl (C=O) groups is 2. The monoisotopic (exact) mass is 387 g/mol. The van der Waals surface area contributed by atoms with Crippen LogP contribution in [0.5, 0.6) is 11.5 Å². The molecule has 1 N–H and O–H groups in total. The van der Waals surface area contributed by atoms with Crippen LogP contribution in [0, 0.1) is 5.82 Å². The highest BCUT2D eigenvalue weighted by atomic mass is 19.1. The number of nitrogens with zero attached hydrogens (tertiary/aromatic N) is 1. The first-order valence-corrected chi connectivity index (χ1v) is 8.67. The fourth-order valence-corrected chi connectivity index (χ4v) is 2.47. The van der Waals surface area contributed by atoms with Crippen molar-refractivity contribution in [3.8, 4) is 11.5 Å². The van der Waals surface area contributed by atoms with Crippen molar-refractivity contribution >= 4 is 18.0 Å². The lowest BCUT2D eigenvalue weighted by Crippen LogP contribution is -2.34. The molecule has 0 saturated carbocycles. The molecule has 0 aromatic heterocycles. The molecule has 0 fully saturated rings. The number of phenolic OH excluding ortho intramolecular Hbond substituents is 1. The largest absolute Gasteiger partial charge is 0.504 e. The van der Waals surface area contributed by atoms with Gasteiger partial charge in [0.05, 0.1) is 7.11 Å². The molecular formula is C21H22FNO5. The topological polar surface area (TPSA) is 76.1 Å². The minimum Gasteiger partial charge on any atom is -0.504 e. The molecule has 0 aliphatic heterocycles. The minimum absolute atomic E-state index is 0.00854. The van der Waals surface area contributed by atoms with E-state index in [1.807, 2.05) is 0 Å². The van der Waals surface area contributed by atoms with Crippen LogP contribution in [-0.4, -0.2) is 42.1 Å². The quantitative estimate of drug-likeness (QED) is 0.556. The number of likely N-dealkylation sites (N-methyl/N-ethyl adjacent to an activating group) is 1. The second-order valence-corrected chi connectivity index (χ2v) is 5.91. The molecule has 0 unspecified atom stereocenters. The Morgan fingerprint density at radius 1 is 1.21 bits per heavy atom. The fourth-order valence-electron chi connectivity index (χ4n) is 2.47. The Labute approximate surface area is 162 Å². The molecule has 2 aromatic carbocycles. The Balaban J connectivity index is 1.89. The van der Waals surface area contributed by atoms with Crippen molar-refractivity contribution < 1.29 is 28.6 Å². The number of amides is 1. The van der Waals surface area contributed by atoms with Gasteiger partial charge < -0.3 is 19.5 Å². The molecule has 1 amide bonds. The smallest absolute Gasteiger partial charge is 0.331 e. The van der Waals surface area contributed by atoms with Crippen molar-refractivity contribution in [3.05, 3.63) is 65.5 Å². The van der Waals surface area contributed by atoms with Crippen LogP contribution < -0.4 is 4.74 Å². The molecule has 0 aliphatic rings. The number of benzene rings is 2. The summed E-state index contributed by atoms with van der Waals surface area (Å²) in [5.41, 5.74) is 1.28. The first-order chi connectivity index (χ1) is 13.4. The number of phenols is 1. The molecule has 0 radical (unpaired) electrons. The van der Waals surface area contributed by atoms with E-state index in [9.17, 15) is 19.1 Å². The maximum atomic E-state index is 13.3. The predicted octanol–water partition coefficient (Wildman–Crippen LogP) is 3.15. The van der Waals surface area contributed by atoms with Gasteiger partial charge in [-0.05, 0) is 48.4 Å². The highest BCUT2D eigenvalue weighted by molar-refractivity contribution is 5.89. The van der Waals surface area contributed by atoms with Crippen molar-refractivity contribution in [3.63, 3.8) is 0 Å². The average Bonchev–Trinajstić information content (AvgIpc) is 2.69. The number of esters is 1. The third-order valence-electron chi connectivity index (χ3n) is 3.95. The Kier molecular flexibility index (Phi) is 7.56. The normalized spacial score (nSPS) is 10.7. The van der Waals surface area contributed by atoms with Gasteiger partial charge in [0.25, 0.3) is 5.91 Å². The van der Waals surface area contributed by atoms with Gasteiger partial charge in [0.1, 0.15) is 5.82 Å². The van der Waals surface area contributed by atoms with E-state index < -0.39 is 12.6 Å². The summed E-state index contributed by atoms with van der Waals surface area (Å²) in [6.45, 7) is 2.01. The maximum Gasteiger partial charge on any atom is 0.331 e. The van der Waals surface area contributed by atoms with E-state index in [4.69, 9.17) is 9.47 Å². The number of ether oxygens (including phenoxy) is 2. The van der Waals surface area contributed by atoms with Gasteiger partial charge in [-0.25, -0.2) is 9.18 Å². The SMILES string of the molecule is CCN(Cc1cccc(F)c1)C(=O)COC(=O)/C=C/c1ccc(O)c(OC)c1. The number of methoxy groups -OCH3 is 1. The first kappa shape index (κ1) is 21.0. The van der Waals surface area contributed by atoms with Crippen LogP contribution in [0.15, 0.2) is 48.5 Å². The molecule has 0 heterocycles. The van der Waals surface area contributed by atoms with E-state index in [0.29, 0.717) is 17.7 Å². The van der Waals surface area contributed by atoms with Gasteiger partial charge in [-0.2, -0.15) is 0 Å². The summed E-state index contributed by atoms with van der Waals surface area (Å²) >= 11 is 0. The van der Waals surface area contributed by atoms with Crippen molar-refractivity contribution in [2.24, 2.45) is 0 Å². The second kappa shape index (κ2) is 10.1. The number of rotatable bonds is 8. The summed E-state index contributed by atoms with van der Waals surface area (Å²) in [4.78, 5) is 25.6. The fraction of sp³-hybridized carbons (Fsp3) is 0.238. The molecule has 0 spiro atoms. The predicted molar refractivity (Wildman–Crippen MR) is 102 cm³/mol. The van der Waals surface area contributed by atoms with Crippen molar-refractivity contribution in [1.29, 1.82) is 0 Å². The van der Waals surface area contributed by atoms with Gasteiger partial charge in [-0.3, -0.25) is 4.79 Å². The summed E-state index contributed by atoms with van der Waals surface area (Å²) in [5.74, 6) is -1.15. The molecule has 2 aromatic rings. The zero-order chi connectivity index (χ0) is 20.5. The Morgan fingerprint density at radius 3 is 2.68 bits per heavy atom. The second-order valence-electron chi connectivity index (χ2n) is 5.91. The number of halogens is 1. The van der Waals surface area contributed by atoms with E-state index in [2.05, 4.69) is 0 Å². The number of carbonyl (C=O) groups excluding carboxylic acids is 2. The van der Waals surface area contributed by atoms with Crippen molar-refractivity contribution in [2.45, 2.75) is 13.5 Å². The zero-order valence-electron chi connectivity index (χ0n) is 15.7. The highest BCUT2D eigenvalue weighted by Gasteiger charge is 2.14. The van der Waals surface area contributed by atoms with Crippen LogP contribution in [0.25, 0.3) is 6.08 Å². The van der Waals surface area contributed by atoms with Crippen LogP contribution in [0.3, 0.4) is 0 Å². The van der Waals surface area contributed by atoms with Crippen LogP contribution in [0.1, 0.15) is 18.1 Å². The lowest BCUT2D eigenvalue weighted by molar-refractivity contribution is -0.148. The molecule has 2 rings (SSSR count). The van der Waals surface area contributed by atoms with Gasteiger partial charge in [-0.1, -0.05) is 18.2 Å². The molecule has 0 saturated heterocycles. The number of aromatic hydroxyl groups is 1. The lowest BCUT2D eigenvalue weighted by Gasteiger charge is -2.20. The van der Waals surface area contributed by atoms with E-state index in [-0.39, 0.29) is 29.8 Å². The van der Waals surface area contributed by atoms with E-state index in [1.165, 1.54) is 42.4 Å². The third kappa shape index (κ3) is 6.12. The van der Waals surface area contributed by atoms with Crippen LogP contribution in [-0.2, 0) is 20.9 Å². The molecule has 0 atom stereocenters. The molecule has 7 heteroatoms. The molecule has 0 aliphatic carbocycles. The van der Waals surface area contributed by atoms with Gasteiger partial charge in [0.2, 0.25) is 0 Å². The van der Waals surface area contributed by atoms with Gasteiger partial charge in [0.15, 0.2) is 18.1 Å². The Morgan fingerprint density at radius 2 is 2.00 bits per heavy atom. The van der Waals surface area contributed by atoms with E-state index in [0.717, 1.165) is 0 Å². The van der Waals surface area contributed by atoms with E-state index in [1.54, 1.807) is 31.2 Å². The van der Waals surface area contributed by atoms with Gasteiger partial charge >= 0.3 is 5.97 Å². The van der Waals surface area contributed by atoms with Gasteiger partial charge in [-0.15, -0.1) is 0 Å². The highest BCUT2D eigenvalue weighted by Crippen LogP contribution is 2.26. The average molecular weight is 387 g/mol. The molecule has 28 heavy (non-hydrogen) atoms. The Hall–Kier alpha value is -3.35. The lowest BCUT2D eigenvalue weighted by atomic mass is 10.2. The standard InChI is InChI=1S/C21H22FNO5/c1-3-23(13-16-5-4-6-17(22)11-16)20(25)14-28-21(26)10-8-15-7-9-18(24)19(12-15)27-2/h4-12,24H,3,13-14H2,1-2H3/b10-8+. The van der Waals surface area contributed by atoms with Crippen LogP contribution >= 0.6 is 0 Å². The van der Waals surface area contributed by atoms with Crippen molar-refractivity contribution in [1.82, 2.24) is 4.90 Å². The zero-order valence-corrected chi connectivity index (χ0v) is 15.7. The van der Waals surface area contributed by atoms with Crippen LogP contribution in [0.2, 0.25) is 0 Å². The molecular weight excluding hydrogens is 365 g/mol. The third-order valence-corrected chi connectivity index (χ3v) is 3.95. The molecule has 148 valence electrons.